The van der Waals surface area contributed by atoms with E-state index in [2.05, 4.69) is 5.32 Å². The van der Waals surface area contributed by atoms with Crippen molar-refractivity contribution >= 4 is 11.6 Å². The number of hydrogen-bond acceptors (Lipinski definition) is 3. The molecule has 0 unspecified atom stereocenters. The molecule has 0 aliphatic heterocycles. The predicted molar refractivity (Wildman–Crippen MR) is 107 cm³/mol. The summed E-state index contributed by atoms with van der Waals surface area (Å²) in [4.78, 5) is 12.6. The van der Waals surface area contributed by atoms with Gasteiger partial charge in [-0.15, -0.1) is 0 Å². The highest BCUT2D eigenvalue weighted by molar-refractivity contribution is 6.04. The van der Waals surface area contributed by atoms with Gasteiger partial charge >= 0.3 is 0 Å². The summed E-state index contributed by atoms with van der Waals surface area (Å²) in [5.41, 5.74) is 2.47. The van der Waals surface area contributed by atoms with Crippen LogP contribution in [0, 0.1) is 12.7 Å². The molecule has 0 aliphatic rings. The third kappa shape index (κ3) is 4.88. The summed E-state index contributed by atoms with van der Waals surface area (Å²) in [6.07, 6.45) is 0. The van der Waals surface area contributed by atoms with E-state index in [1.807, 2.05) is 37.3 Å². The van der Waals surface area contributed by atoms with Gasteiger partial charge in [0.2, 0.25) is 0 Å². The molecule has 3 aromatic carbocycles. The Morgan fingerprint density at radius 1 is 0.964 bits per heavy atom. The van der Waals surface area contributed by atoms with E-state index in [9.17, 15) is 9.18 Å². The van der Waals surface area contributed by atoms with Gasteiger partial charge in [-0.25, -0.2) is 4.39 Å². The summed E-state index contributed by atoms with van der Waals surface area (Å²) in [5, 5.41) is 2.77. The van der Waals surface area contributed by atoms with Crippen LogP contribution >= 0.6 is 0 Å². The molecular formula is C23H22FNO3. The number of rotatable bonds is 7. The normalized spacial score (nSPS) is 10.4. The van der Waals surface area contributed by atoms with Crippen LogP contribution in [-0.2, 0) is 6.61 Å². The van der Waals surface area contributed by atoms with Gasteiger partial charge in [-0.2, -0.15) is 0 Å². The van der Waals surface area contributed by atoms with Crippen molar-refractivity contribution in [2.24, 2.45) is 0 Å². The highest BCUT2D eigenvalue weighted by Crippen LogP contribution is 2.29. The molecule has 4 nitrogen and oxygen atoms in total. The number of benzene rings is 3. The maximum atomic E-state index is 13.4. The summed E-state index contributed by atoms with van der Waals surface area (Å²) >= 11 is 0. The fraction of sp³-hybridized carbons (Fsp3) is 0.174. The number of carbonyl (C=O) groups excluding carboxylic acids is 1. The highest BCUT2D eigenvalue weighted by atomic mass is 19.1. The standard InChI is InChI=1S/C23H22FNO3/c1-3-27-22-14-18(23(26)25-19-10-11-20(24)16(2)13-19)9-12-21(22)28-15-17-7-5-4-6-8-17/h4-14H,3,15H2,1-2H3,(H,25,26). The highest BCUT2D eigenvalue weighted by Gasteiger charge is 2.13. The van der Waals surface area contributed by atoms with E-state index >= 15 is 0 Å². The fourth-order valence-corrected chi connectivity index (χ4v) is 2.70. The Labute approximate surface area is 163 Å². The van der Waals surface area contributed by atoms with Crippen molar-refractivity contribution < 1.29 is 18.7 Å². The molecule has 0 heterocycles. The van der Waals surface area contributed by atoms with Crippen molar-refractivity contribution in [3.63, 3.8) is 0 Å². The second kappa shape index (κ2) is 9.04. The molecule has 0 aromatic heterocycles. The lowest BCUT2D eigenvalue weighted by atomic mass is 10.1. The Morgan fingerprint density at radius 2 is 1.75 bits per heavy atom. The van der Waals surface area contributed by atoms with Crippen LogP contribution < -0.4 is 14.8 Å². The first kappa shape index (κ1) is 19.4. The molecule has 0 spiro atoms. The molecule has 3 aromatic rings. The maximum absolute atomic E-state index is 13.4. The minimum Gasteiger partial charge on any atom is -0.490 e. The molecule has 1 N–H and O–H groups in total. The second-order valence-corrected chi connectivity index (χ2v) is 6.29. The van der Waals surface area contributed by atoms with E-state index in [1.54, 1.807) is 31.2 Å². The van der Waals surface area contributed by atoms with Crippen LogP contribution in [0.15, 0.2) is 66.7 Å². The van der Waals surface area contributed by atoms with Crippen LogP contribution in [-0.4, -0.2) is 12.5 Å². The first-order valence-corrected chi connectivity index (χ1v) is 9.08. The van der Waals surface area contributed by atoms with E-state index in [1.165, 1.54) is 12.1 Å². The number of amides is 1. The Morgan fingerprint density at radius 3 is 2.46 bits per heavy atom. The third-order valence-corrected chi connectivity index (χ3v) is 4.16. The average molecular weight is 379 g/mol. The van der Waals surface area contributed by atoms with Gasteiger partial charge in [0.25, 0.3) is 5.91 Å². The zero-order valence-electron chi connectivity index (χ0n) is 15.9. The van der Waals surface area contributed by atoms with Crippen molar-refractivity contribution in [1.29, 1.82) is 0 Å². The lowest BCUT2D eigenvalue weighted by molar-refractivity contribution is 0.102. The molecule has 0 saturated heterocycles. The molecule has 0 saturated carbocycles. The van der Waals surface area contributed by atoms with Gasteiger partial charge in [0.15, 0.2) is 11.5 Å². The van der Waals surface area contributed by atoms with Crippen LogP contribution in [0.3, 0.4) is 0 Å². The van der Waals surface area contributed by atoms with E-state index < -0.39 is 0 Å². The van der Waals surface area contributed by atoms with Gasteiger partial charge < -0.3 is 14.8 Å². The summed E-state index contributed by atoms with van der Waals surface area (Å²) < 4.78 is 24.9. The van der Waals surface area contributed by atoms with Gasteiger partial charge in [0, 0.05) is 11.3 Å². The zero-order valence-corrected chi connectivity index (χ0v) is 15.9. The monoisotopic (exact) mass is 379 g/mol. The maximum Gasteiger partial charge on any atom is 0.255 e. The number of ether oxygens (including phenoxy) is 2. The Hall–Kier alpha value is -3.34. The molecule has 1 amide bonds. The minimum atomic E-state index is -0.309. The van der Waals surface area contributed by atoms with Crippen LogP contribution in [0.4, 0.5) is 10.1 Å². The Balaban J connectivity index is 1.75. The van der Waals surface area contributed by atoms with Gasteiger partial charge in [-0.05, 0) is 61.4 Å². The predicted octanol–water partition coefficient (Wildman–Crippen LogP) is 5.36. The van der Waals surface area contributed by atoms with Crippen molar-refractivity contribution in [2.45, 2.75) is 20.5 Å². The number of hydrogen-bond donors (Lipinski definition) is 1. The summed E-state index contributed by atoms with van der Waals surface area (Å²) in [6, 6.07) is 19.3. The summed E-state index contributed by atoms with van der Waals surface area (Å²) in [7, 11) is 0. The number of aryl methyl sites for hydroxylation is 1. The lowest BCUT2D eigenvalue weighted by Crippen LogP contribution is -2.12. The first-order valence-electron chi connectivity index (χ1n) is 9.08. The molecule has 5 heteroatoms. The second-order valence-electron chi connectivity index (χ2n) is 6.29. The molecule has 0 fully saturated rings. The SMILES string of the molecule is CCOc1cc(C(=O)Nc2ccc(F)c(C)c2)ccc1OCc1ccccc1. The van der Waals surface area contributed by atoms with E-state index in [0.717, 1.165) is 5.56 Å². The van der Waals surface area contributed by atoms with Gasteiger partial charge in [-0.3, -0.25) is 4.79 Å². The molecule has 0 aliphatic carbocycles. The molecule has 28 heavy (non-hydrogen) atoms. The third-order valence-electron chi connectivity index (χ3n) is 4.16. The van der Waals surface area contributed by atoms with Crippen molar-refractivity contribution in [2.75, 3.05) is 11.9 Å². The van der Waals surface area contributed by atoms with Crippen LogP contribution in [0.5, 0.6) is 11.5 Å². The molecule has 144 valence electrons. The Bertz CT molecular complexity index is 957. The largest absolute Gasteiger partial charge is 0.490 e. The van der Waals surface area contributed by atoms with Crippen molar-refractivity contribution in [3.8, 4) is 11.5 Å². The number of nitrogens with one attached hydrogen (secondary N) is 1. The first-order chi connectivity index (χ1) is 13.6. The number of anilines is 1. The topological polar surface area (TPSA) is 47.6 Å². The molecule has 3 rings (SSSR count). The molecular weight excluding hydrogens is 357 g/mol. The van der Waals surface area contributed by atoms with E-state index in [0.29, 0.717) is 41.5 Å². The molecule has 0 radical (unpaired) electrons. The average Bonchev–Trinajstić information content (AvgIpc) is 2.71. The minimum absolute atomic E-state index is 0.304. The van der Waals surface area contributed by atoms with Gasteiger partial charge in [0.05, 0.1) is 6.61 Å². The van der Waals surface area contributed by atoms with E-state index in [4.69, 9.17) is 9.47 Å². The number of carbonyl (C=O) groups is 1. The van der Waals surface area contributed by atoms with Gasteiger partial charge in [-0.1, -0.05) is 30.3 Å². The van der Waals surface area contributed by atoms with E-state index in [-0.39, 0.29) is 11.7 Å². The quantitative estimate of drug-likeness (QED) is 0.601. The number of halogens is 1. The summed E-state index contributed by atoms with van der Waals surface area (Å²) in [6.45, 7) is 4.37. The molecule has 0 atom stereocenters. The fourth-order valence-electron chi connectivity index (χ4n) is 2.70. The lowest BCUT2D eigenvalue weighted by Gasteiger charge is -2.14. The Kier molecular flexibility index (Phi) is 6.27. The van der Waals surface area contributed by atoms with Crippen LogP contribution in [0.2, 0.25) is 0 Å². The molecule has 0 bridgehead atoms. The smallest absolute Gasteiger partial charge is 0.255 e. The van der Waals surface area contributed by atoms with Crippen molar-refractivity contribution in [1.82, 2.24) is 0 Å². The zero-order chi connectivity index (χ0) is 19.9. The van der Waals surface area contributed by atoms with Gasteiger partial charge in [0.1, 0.15) is 12.4 Å². The van der Waals surface area contributed by atoms with Crippen LogP contribution in [0.25, 0.3) is 0 Å². The van der Waals surface area contributed by atoms with Crippen LogP contribution in [0.1, 0.15) is 28.4 Å². The summed E-state index contributed by atoms with van der Waals surface area (Å²) in [5.74, 6) is 0.458. The van der Waals surface area contributed by atoms with Crippen molar-refractivity contribution in [3.05, 3.63) is 89.2 Å².